The third-order valence-corrected chi connectivity index (χ3v) is 7.09. The summed E-state index contributed by atoms with van der Waals surface area (Å²) in [4.78, 5) is 18.8. The van der Waals surface area contributed by atoms with Crippen LogP contribution in [0.3, 0.4) is 0 Å². The maximum Gasteiger partial charge on any atom is 0.419 e. The van der Waals surface area contributed by atoms with E-state index in [1.54, 1.807) is 11.0 Å². The van der Waals surface area contributed by atoms with E-state index in [1.165, 1.54) is 30.1 Å². The first-order valence-electron chi connectivity index (χ1n) is 10.4. The number of alkyl halides is 3. The Morgan fingerprint density at radius 2 is 1.97 bits per heavy atom. The number of nitriles is 1. The second kappa shape index (κ2) is 7.35. The van der Waals surface area contributed by atoms with Crippen LogP contribution in [-0.4, -0.2) is 40.9 Å². The molecule has 5 rings (SSSR count). The second-order valence-corrected chi connectivity index (χ2v) is 8.72. The van der Waals surface area contributed by atoms with Crippen molar-refractivity contribution in [3.8, 4) is 6.07 Å². The molecule has 2 aromatic rings. The number of aromatic nitrogens is 1. The van der Waals surface area contributed by atoms with Gasteiger partial charge in [0.2, 0.25) is 0 Å². The normalized spacial score (nSPS) is 22.6. The lowest BCUT2D eigenvalue weighted by Gasteiger charge is -2.47. The van der Waals surface area contributed by atoms with E-state index in [1.807, 2.05) is 0 Å². The standard InChI is InChI=1S/C22H17F4N5O2S/c1-28-18(32)14-4-3-12(8-16(14)23)30-19(34)31(21(11-33-21)20(30)5-2-6-20)13-7-15(22(24,25)26)17(9-27)29-10-13/h3-4,7-8,10H,2,5-6,11H2,1H3,(H,28,32). The molecule has 1 aromatic carbocycles. The average Bonchev–Trinajstić information content (AvgIpc) is 3.51. The molecule has 2 aliphatic heterocycles. The molecule has 0 radical (unpaired) electrons. The van der Waals surface area contributed by atoms with Gasteiger partial charge < -0.3 is 15.0 Å². The van der Waals surface area contributed by atoms with Gasteiger partial charge in [0.15, 0.2) is 16.5 Å². The molecule has 3 aliphatic rings. The Hall–Kier alpha value is -3.30. The number of ether oxygens (including phenoxy) is 1. The van der Waals surface area contributed by atoms with E-state index in [0.29, 0.717) is 18.5 Å². The van der Waals surface area contributed by atoms with Gasteiger partial charge >= 0.3 is 6.18 Å². The molecule has 1 unspecified atom stereocenters. The number of pyridine rings is 1. The fourth-order valence-electron chi connectivity index (χ4n) is 4.93. The van der Waals surface area contributed by atoms with Crippen LogP contribution in [0.2, 0.25) is 0 Å². The quantitative estimate of drug-likeness (QED) is 0.398. The van der Waals surface area contributed by atoms with Gasteiger partial charge in [0.05, 0.1) is 28.6 Å². The van der Waals surface area contributed by atoms with Gasteiger partial charge in [-0.25, -0.2) is 9.37 Å². The van der Waals surface area contributed by atoms with Gasteiger partial charge in [-0.1, -0.05) is 0 Å². The van der Waals surface area contributed by atoms with Crippen LogP contribution in [0.5, 0.6) is 0 Å². The predicted molar refractivity (Wildman–Crippen MR) is 117 cm³/mol. The molecule has 3 fully saturated rings. The molecule has 34 heavy (non-hydrogen) atoms. The first kappa shape index (κ1) is 22.5. The minimum atomic E-state index is -4.79. The lowest BCUT2D eigenvalue weighted by atomic mass is 9.70. The largest absolute Gasteiger partial charge is 0.419 e. The molecule has 7 nitrogen and oxygen atoms in total. The number of nitrogens with one attached hydrogen (secondary N) is 1. The summed E-state index contributed by atoms with van der Waals surface area (Å²) in [5.74, 6) is -1.34. The highest BCUT2D eigenvalue weighted by Gasteiger charge is 2.76. The first-order valence-corrected chi connectivity index (χ1v) is 10.8. The third kappa shape index (κ3) is 2.93. The Morgan fingerprint density at radius 1 is 1.26 bits per heavy atom. The minimum Gasteiger partial charge on any atom is -0.355 e. The lowest BCUT2D eigenvalue weighted by molar-refractivity contribution is -0.138. The fraction of sp³-hybridized carbons (Fsp3) is 0.364. The molecule has 0 bridgehead atoms. The molecule has 1 saturated carbocycles. The molecule has 2 saturated heterocycles. The van der Waals surface area contributed by atoms with E-state index in [9.17, 15) is 22.4 Å². The molecule has 3 heterocycles. The van der Waals surface area contributed by atoms with Crippen LogP contribution in [0.1, 0.15) is 40.9 Å². The molecular weight excluding hydrogens is 474 g/mol. The Bertz CT molecular complexity index is 1270. The number of amides is 1. The van der Waals surface area contributed by atoms with Crippen LogP contribution in [0.4, 0.5) is 28.9 Å². The van der Waals surface area contributed by atoms with Crippen LogP contribution < -0.4 is 15.1 Å². The van der Waals surface area contributed by atoms with Gasteiger partial charge in [-0.05, 0) is 55.7 Å². The molecule has 2 spiro atoms. The zero-order valence-electron chi connectivity index (χ0n) is 17.7. The van der Waals surface area contributed by atoms with E-state index < -0.39 is 40.4 Å². The van der Waals surface area contributed by atoms with Gasteiger partial charge in [-0.2, -0.15) is 18.4 Å². The molecule has 1 aliphatic carbocycles. The summed E-state index contributed by atoms with van der Waals surface area (Å²) in [5.41, 5.74) is -3.40. The van der Waals surface area contributed by atoms with Crippen molar-refractivity contribution >= 4 is 34.6 Å². The SMILES string of the molecule is CNC(=O)c1ccc(N2C(=S)N(c3cnc(C#N)c(C(F)(F)F)c3)C3(CO3)C23CCC3)cc1F. The number of carbonyl (C=O) groups is 1. The Kier molecular flexibility index (Phi) is 4.86. The summed E-state index contributed by atoms with van der Waals surface area (Å²) in [6, 6.07) is 6.39. The zero-order chi connectivity index (χ0) is 24.5. The van der Waals surface area contributed by atoms with Crippen LogP contribution in [0, 0.1) is 17.1 Å². The second-order valence-electron chi connectivity index (χ2n) is 8.35. The third-order valence-electron chi connectivity index (χ3n) is 6.72. The Balaban J connectivity index is 1.62. The average molecular weight is 491 g/mol. The van der Waals surface area contributed by atoms with E-state index in [2.05, 4.69) is 10.3 Å². The van der Waals surface area contributed by atoms with Crippen molar-refractivity contribution in [2.24, 2.45) is 0 Å². The van der Waals surface area contributed by atoms with Crippen LogP contribution in [0.15, 0.2) is 30.5 Å². The summed E-state index contributed by atoms with van der Waals surface area (Å²) in [6.45, 7) is 0.212. The van der Waals surface area contributed by atoms with E-state index in [4.69, 9.17) is 22.2 Å². The summed E-state index contributed by atoms with van der Waals surface area (Å²) >= 11 is 5.71. The van der Waals surface area contributed by atoms with Gasteiger partial charge in [-0.3, -0.25) is 9.69 Å². The van der Waals surface area contributed by atoms with Gasteiger partial charge in [-0.15, -0.1) is 0 Å². The lowest BCUT2D eigenvalue weighted by Crippen LogP contribution is -2.59. The minimum absolute atomic E-state index is 0.0325. The Morgan fingerprint density at radius 3 is 2.47 bits per heavy atom. The maximum atomic E-state index is 14.8. The number of epoxide rings is 1. The van der Waals surface area contributed by atoms with Gasteiger partial charge in [0.1, 0.15) is 18.5 Å². The highest BCUT2D eigenvalue weighted by Crippen LogP contribution is 2.61. The van der Waals surface area contributed by atoms with Crippen molar-refractivity contribution in [1.29, 1.82) is 5.26 Å². The number of anilines is 2. The number of fused-ring (bicyclic) bond motifs is 1. The smallest absolute Gasteiger partial charge is 0.355 e. The topological polar surface area (TPSA) is 84.8 Å². The summed E-state index contributed by atoms with van der Waals surface area (Å²) in [6.07, 6.45) is -1.55. The number of rotatable bonds is 3. The number of benzene rings is 1. The summed E-state index contributed by atoms with van der Waals surface area (Å²) in [7, 11) is 1.39. The van der Waals surface area contributed by atoms with Crippen LogP contribution in [-0.2, 0) is 10.9 Å². The van der Waals surface area contributed by atoms with Crippen molar-refractivity contribution in [1.82, 2.24) is 10.3 Å². The van der Waals surface area contributed by atoms with Crippen molar-refractivity contribution in [3.05, 3.63) is 53.1 Å². The summed E-state index contributed by atoms with van der Waals surface area (Å²) in [5, 5.41) is 11.6. The zero-order valence-corrected chi connectivity index (χ0v) is 18.6. The molecule has 176 valence electrons. The highest BCUT2D eigenvalue weighted by atomic mass is 32.1. The molecule has 1 N–H and O–H groups in total. The number of hydrogen-bond donors (Lipinski definition) is 1. The van der Waals surface area contributed by atoms with E-state index >= 15 is 0 Å². The number of carbonyl (C=O) groups excluding carboxylic acids is 1. The van der Waals surface area contributed by atoms with Crippen molar-refractivity contribution in [2.45, 2.75) is 36.7 Å². The molecule has 12 heteroatoms. The van der Waals surface area contributed by atoms with Crippen molar-refractivity contribution < 1.29 is 27.1 Å². The number of hydrogen-bond acceptors (Lipinski definition) is 5. The fourth-order valence-corrected chi connectivity index (χ4v) is 5.47. The van der Waals surface area contributed by atoms with Crippen LogP contribution in [0.25, 0.3) is 0 Å². The first-order chi connectivity index (χ1) is 16.1. The van der Waals surface area contributed by atoms with Gasteiger partial charge in [0, 0.05) is 12.7 Å². The molecular formula is C22H17F4N5O2S. The Labute approximate surface area is 196 Å². The van der Waals surface area contributed by atoms with Crippen molar-refractivity contribution in [2.75, 3.05) is 23.5 Å². The van der Waals surface area contributed by atoms with Crippen LogP contribution >= 0.6 is 12.2 Å². The number of halogens is 4. The molecule has 1 atom stereocenters. The molecule has 1 amide bonds. The monoisotopic (exact) mass is 491 g/mol. The van der Waals surface area contributed by atoms with E-state index in [-0.39, 0.29) is 23.0 Å². The van der Waals surface area contributed by atoms with E-state index in [0.717, 1.165) is 18.7 Å². The predicted octanol–water partition coefficient (Wildman–Crippen LogP) is 3.73. The van der Waals surface area contributed by atoms with Crippen molar-refractivity contribution in [3.63, 3.8) is 0 Å². The highest BCUT2D eigenvalue weighted by molar-refractivity contribution is 7.80. The maximum absolute atomic E-state index is 14.8. The summed E-state index contributed by atoms with van der Waals surface area (Å²) < 4.78 is 61.4. The number of nitrogens with zero attached hydrogens (tertiary/aromatic N) is 4. The van der Waals surface area contributed by atoms with Gasteiger partial charge in [0.25, 0.3) is 5.91 Å². The molecule has 1 aromatic heterocycles. The number of thiocarbonyl (C=S) groups is 1.